The van der Waals surface area contributed by atoms with Crippen LogP contribution in [0.2, 0.25) is 0 Å². The van der Waals surface area contributed by atoms with E-state index in [-0.39, 0.29) is 18.0 Å². The maximum absolute atomic E-state index is 12.4. The average Bonchev–Trinajstić information content (AvgIpc) is 2.72. The summed E-state index contributed by atoms with van der Waals surface area (Å²) in [4.78, 5) is 14.4. The van der Waals surface area contributed by atoms with Crippen molar-refractivity contribution in [1.82, 2.24) is 15.1 Å². The molecule has 1 fully saturated rings. The number of carbonyl (C=O) groups excluding carboxylic acids is 1. The predicted octanol–water partition coefficient (Wildman–Crippen LogP) is 0.295. The van der Waals surface area contributed by atoms with Gasteiger partial charge in [0.2, 0.25) is 5.91 Å². The second kappa shape index (κ2) is 6.34. The lowest BCUT2D eigenvalue weighted by Crippen LogP contribution is -2.55. The molecule has 0 aromatic carbocycles. The molecule has 1 aromatic rings. The maximum atomic E-state index is 12.4. The van der Waals surface area contributed by atoms with Gasteiger partial charge in [-0.1, -0.05) is 6.92 Å². The first-order valence-electron chi connectivity index (χ1n) is 7.41. The van der Waals surface area contributed by atoms with E-state index in [1.54, 1.807) is 4.68 Å². The average molecular weight is 295 g/mol. The van der Waals surface area contributed by atoms with Crippen LogP contribution >= 0.6 is 0 Å². The molecule has 0 saturated carbocycles. The number of aryl methyl sites for hydroxylation is 2. The molecule has 7 nitrogen and oxygen atoms in total. The number of nitrogens with zero attached hydrogens (tertiary/aromatic N) is 3. The van der Waals surface area contributed by atoms with Crippen LogP contribution in [0.25, 0.3) is 0 Å². The molecule has 1 aliphatic rings. The first kappa shape index (κ1) is 15.6. The summed E-state index contributed by atoms with van der Waals surface area (Å²) in [7, 11) is 1.86. The lowest BCUT2D eigenvalue weighted by molar-refractivity contribution is -0.125. The Morgan fingerprint density at radius 1 is 1.57 bits per heavy atom. The van der Waals surface area contributed by atoms with E-state index in [1.807, 2.05) is 32.7 Å². The highest BCUT2D eigenvalue weighted by atomic mass is 16.5. The van der Waals surface area contributed by atoms with Crippen molar-refractivity contribution in [2.45, 2.75) is 39.3 Å². The lowest BCUT2D eigenvalue weighted by atomic mass is 10.2. The van der Waals surface area contributed by atoms with Gasteiger partial charge in [-0.15, -0.1) is 0 Å². The molecule has 1 aliphatic heterocycles. The Balaban J connectivity index is 2.31. The molecule has 0 spiro atoms. The summed E-state index contributed by atoms with van der Waals surface area (Å²) in [5.41, 5.74) is 7.73. The number of nitrogens with two attached hydrogens (primary N) is 1. The quantitative estimate of drug-likeness (QED) is 0.834. The molecule has 3 N–H and O–H groups in total. The monoisotopic (exact) mass is 295 g/mol. The molecule has 2 heterocycles. The molecular weight excluding hydrogens is 270 g/mol. The third-order valence-corrected chi connectivity index (χ3v) is 3.60. The van der Waals surface area contributed by atoms with Crippen LogP contribution in [0.3, 0.4) is 0 Å². The van der Waals surface area contributed by atoms with Crippen molar-refractivity contribution in [3.63, 3.8) is 0 Å². The SMILES string of the molecule is CCc1nn(C)c(N2CCOCC2C(=O)NC(C)C)c1N. The summed E-state index contributed by atoms with van der Waals surface area (Å²) < 4.78 is 7.24. The lowest BCUT2D eigenvalue weighted by Gasteiger charge is -2.36. The number of carbonyl (C=O) groups is 1. The fourth-order valence-electron chi connectivity index (χ4n) is 2.64. The Morgan fingerprint density at radius 3 is 2.86 bits per heavy atom. The minimum absolute atomic E-state index is 0.0386. The fourth-order valence-corrected chi connectivity index (χ4v) is 2.64. The van der Waals surface area contributed by atoms with E-state index in [9.17, 15) is 4.79 Å². The standard InChI is InChI=1S/C14H25N5O2/c1-5-10-12(15)14(18(4)17-10)19-6-7-21-8-11(19)13(20)16-9(2)3/h9,11H,5-8,15H2,1-4H3,(H,16,20). The van der Waals surface area contributed by atoms with Crippen LogP contribution < -0.4 is 16.0 Å². The summed E-state index contributed by atoms with van der Waals surface area (Å²) in [6.07, 6.45) is 0.771. The topological polar surface area (TPSA) is 85.4 Å². The van der Waals surface area contributed by atoms with Crippen LogP contribution in [-0.2, 0) is 23.0 Å². The highest BCUT2D eigenvalue weighted by molar-refractivity contribution is 5.87. The van der Waals surface area contributed by atoms with Crippen molar-refractivity contribution < 1.29 is 9.53 Å². The highest BCUT2D eigenvalue weighted by Crippen LogP contribution is 2.29. The molecule has 1 aromatic heterocycles. The second-order valence-electron chi connectivity index (χ2n) is 5.61. The zero-order chi connectivity index (χ0) is 15.6. The van der Waals surface area contributed by atoms with Gasteiger partial charge in [0.05, 0.1) is 24.6 Å². The van der Waals surface area contributed by atoms with Crippen LogP contribution in [0.5, 0.6) is 0 Å². The molecule has 1 amide bonds. The van der Waals surface area contributed by atoms with Crippen molar-refractivity contribution in [1.29, 1.82) is 0 Å². The van der Waals surface area contributed by atoms with Crippen LogP contribution in [0.15, 0.2) is 0 Å². The van der Waals surface area contributed by atoms with Gasteiger partial charge in [-0.2, -0.15) is 5.10 Å². The number of aromatic nitrogens is 2. The molecule has 0 aliphatic carbocycles. The molecule has 0 radical (unpaired) electrons. The number of morpholine rings is 1. The van der Waals surface area contributed by atoms with Crippen LogP contribution in [0.1, 0.15) is 26.5 Å². The smallest absolute Gasteiger partial charge is 0.245 e. The fraction of sp³-hybridized carbons (Fsp3) is 0.714. The molecule has 118 valence electrons. The number of ether oxygens (including phenoxy) is 1. The Kier molecular flexibility index (Phi) is 4.72. The number of anilines is 2. The van der Waals surface area contributed by atoms with E-state index in [0.29, 0.717) is 25.4 Å². The zero-order valence-electron chi connectivity index (χ0n) is 13.2. The predicted molar refractivity (Wildman–Crippen MR) is 82.2 cm³/mol. The van der Waals surface area contributed by atoms with E-state index in [2.05, 4.69) is 10.4 Å². The molecule has 1 unspecified atom stereocenters. The molecule has 7 heteroatoms. The van der Waals surface area contributed by atoms with E-state index in [1.165, 1.54) is 0 Å². The van der Waals surface area contributed by atoms with Crippen LogP contribution in [0.4, 0.5) is 11.5 Å². The van der Waals surface area contributed by atoms with E-state index < -0.39 is 0 Å². The third kappa shape index (κ3) is 3.12. The second-order valence-corrected chi connectivity index (χ2v) is 5.61. The largest absolute Gasteiger partial charge is 0.394 e. The third-order valence-electron chi connectivity index (χ3n) is 3.60. The van der Waals surface area contributed by atoms with Gasteiger partial charge in [0.15, 0.2) is 5.82 Å². The number of hydrogen-bond donors (Lipinski definition) is 2. The van der Waals surface area contributed by atoms with Crippen molar-refractivity contribution in [3.05, 3.63) is 5.69 Å². The molecule has 1 atom stereocenters. The van der Waals surface area contributed by atoms with Crippen molar-refractivity contribution in [2.24, 2.45) is 7.05 Å². The van der Waals surface area contributed by atoms with Gasteiger partial charge in [0.1, 0.15) is 6.04 Å². The molecular formula is C14H25N5O2. The van der Waals surface area contributed by atoms with Crippen molar-refractivity contribution in [2.75, 3.05) is 30.4 Å². The van der Waals surface area contributed by atoms with Crippen LogP contribution in [0, 0.1) is 0 Å². The van der Waals surface area contributed by atoms with Crippen LogP contribution in [-0.4, -0.2) is 47.5 Å². The number of amides is 1. The minimum Gasteiger partial charge on any atom is -0.394 e. The highest BCUT2D eigenvalue weighted by Gasteiger charge is 2.33. The number of nitrogen functional groups attached to an aromatic ring is 1. The van der Waals surface area contributed by atoms with Crippen molar-refractivity contribution >= 4 is 17.4 Å². The van der Waals surface area contributed by atoms with Gasteiger partial charge in [0, 0.05) is 19.6 Å². The number of rotatable bonds is 4. The summed E-state index contributed by atoms with van der Waals surface area (Å²) in [5, 5.41) is 7.38. The van der Waals surface area contributed by atoms with Crippen molar-refractivity contribution in [3.8, 4) is 0 Å². The molecule has 1 saturated heterocycles. The first-order chi connectivity index (χ1) is 9.95. The Labute approximate surface area is 125 Å². The van der Waals surface area contributed by atoms with E-state index in [0.717, 1.165) is 17.9 Å². The van der Waals surface area contributed by atoms with Gasteiger partial charge in [-0.3, -0.25) is 9.48 Å². The first-order valence-corrected chi connectivity index (χ1v) is 7.41. The van der Waals surface area contributed by atoms with Gasteiger partial charge < -0.3 is 20.7 Å². The van der Waals surface area contributed by atoms with Gasteiger partial charge in [0.25, 0.3) is 0 Å². The van der Waals surface area contributed by atoms with Gasteiger partial charge in [-0.25, -0.2) is 0 Å². The minimum atomic E-state index is -0.372. The number of hydrogen-bond acceptors (Lipinski definition) is 5. The Bertz CT molecular complexity index is 512. The maximum Gasteiger partial charge on any atom is 0.245 e. The normalized spacial score (nSPS) is 19.1. The molecule has 21 heavy (non-hydrogen) atoms. The summed E-state index contributed by atoms with van der Waals surface area (Å²) >= 11 is 0. The van der Waals surface area contributed by atoms with Gasteiger partial charge >= 0.3 is 0 Å². The molecule has 0 bridgehead atoms. The summed E-state index contributed by atoms with van der Waals surface area (Å²) in [6, 6.07) is -0.278. The van der Waals surface area contributed by atoms with E-state index >= 15 is 0 Å². The van der Waals surface area contributed by atoms with Gasteiger partial charge in [-0.05, 0) is 20.3 Å². The zero-order valence-corrected chi connectivity index (χ0v) is 13.2. The van der Waals surface area contributed by atoms with E-state index in [4.69, 9.17) is 10.5 Å². The number of nitrogens with one attached hydrogen (secondary N) is 1. The summed E-state index contributed by atoms with van der Waals surface area (Å²) in [5.74, 6) is 0.766. The Morgan fingerprint density at radius 2 is 2.29 bits per heavy atom. The Hall–Kier alpha value is -1.76. The molecule has 2 rings (SSSR count). The summed E-state index contributed by atoms with van der Waals surface area (Å²) in [6.45, 7) is 7.48.